The maximum absolute atomic E-state index is 13.0. The van der Waals surface area contributed by atoms with E-state index in [-0.39, 0.29) is 6.42 Å². The van der Waals surface area contributed by atoms with Crippen molar-refractivity contribution in [1.29, 1.82) is 0 Å². The maximum atomic E-state index is 13.0. The molecule has 1 heterocycles. The predicted molar refractivity (Wildman–Crippen MR) is 122 cm³/mol. The monoisotopic (exact) mass is 459 g/mol. The molecule has 9 nitrogen and oxygen atoms in total. The lowest BCUT2D eigenvalue weighted by molar-refractivity contribution is -0.138. The zero-order chi connectivity index (χ0) is 24.2. The highest BCUT2D eigenvalue weighted by Crippen LogP contribution is 2.29. The van der Waals surface area contributed by atoms with Gasteiger partial charge in [-0.1, -0.05) is 54.6 Å². The first kappa shape index (κ1) is 22.7. The third-order valence-electron chi connectivity index (χ3n) is 5.51. The van der Waals surface area contributed by atoms with Gasteiger partial charge in [-0.2, -0.15) is 0 Å². The molecule has 1 aliphatic heterocycles. The summed E-state index contributed by atoms with van der Waals surface area (Å²) in [6.45, 7) is -1.19. The van der Waals surface area contributed by atoms with Crippen molar-refractivity contribution >= 4 is 40.4 Å². The SMILES string of the molecule is O=C(O)CNC(=O)C(Cc1ccccc1)NC(=O)CN1C(=O)c2cccc3cccc(c23)C1=O. The van der Waals surface area contributed by atoms with Crippen molar-refractivity contribution in [2.75, 3.05) is 13.1 Å². The molecule has 3 aromatic rings. The molecule has 3 N–H and O–H groups in total. The van der Waals surface area contributed by atoms with Gasteiger partial charge in [0.1, 0.15) is 19.1 Å². The molecule has 0 aliphatic carbocycles. The number of hydrogen-bond acceptors (Lipinski definition) is 5. The second-order valence-corrected chi connectivity index (χ2v) is 7.83. The fourth-order valence-electron chi connectivity index (χ4n) is 3.95. The largest absolute Gasteiger partial charge is 0.480 e. The van der Waals surface area contributed by atoms with Crippen LogP contribution in [0.3, 0.4) is 0 Å². The Morgan fingerprint density at radius 2 is 1.47 bits per heavy atom. The van der Waals surface area contributed by atoms with Crippen LogP contribution in [-0.2, 0) is 20.8 Å². The van der Waals surface area contributed by atoms with Crippen molar-refractivity contribution in [3.8, 4) is 0 Å². The number of nitrogens with zero attached hydrogens (tertiary/aromatic N) is 1. The van der Waals surface area contributed by atoms with E-state index in [0.717, 1.165) is 15.8 Å². The average molecular weight is 459 g/mol. The Bertz CT molecular complexity index is 1250. The third-order valence-corrected chi connectivity index (χ3v) is 5.51. The number of carboxylic acids is 1. The van der Waals surface area contributed by atoms with Crippen molar-refractivity contribution in [3.05, 3.63) is 83.4 Å². The first-order chi connectivity index (χ1) is 16.3. The second kappa shape index (κ2) is 9.53. The second-order valence-electron chi connectivity index (χ2n) is 7.83. The van der Waals surface area contributed by atoms with Gasteiger partial charge in [-0.15, -0.1) is 0 Å². The molecule has 0 saturated carbocycles. The van der Waals surface area contributed by atoms with Crippen LogP contribution in [0, 0.1) is 0 Å². The minimum absolute atomic E-state index is 0.0993. The fourth-order valence-corrected chi connectivity index (χ4v) is 3.95. The fraction of sp³-hybridized carbons (Fsp3) is 0.160. The Morgan fingerprint density at radius 1 is 0.853 bits per heavy atom. The van der Waals surface area contributed by atoms with Gasteiger partial charge in [-0.05, 0) is 23.1 Å². The van der Waals surface area contributed by atoms with Crippen LogP contribution in [0.5, 0.6) is 0 Å². The van der Waals surface area contributed by atoms with E-state index in [4.69, 9.17) is 5.11 Å². The lowest BCUT2D eigenvalue weighted by atomic mass is 9.94. The molecule has 0 spiro atoms. The van der Waals surface area contributed by atoms with Crippen LogP contribution in [0.15, 0.2) is 66.7 Å². The van der Waals surface area contributed by atoms with E-state index in [2.05, 4.69) is 10.6 Å². The number of amides is 4. The molecule has 0 saturated heterocycles. The van der Waals surface area contributed by atoms with Crippen molar-refractivity contribution in [2.24, 2.45) is 0 Å². The minimum atomic E-state index is -1.23. The van der Waals surface area contributed by atoms with Crippen LogP contribution >= 0.6 is 0 Å². The molecule has 172 valence electrons. The van der Waals surface area contributed by atoms with E-state index in [1.807, 2.05) is 0 Å². The Kier molecular flexibility index (Phi) is 6.35. The topological polar surface area (TPSA) is 133 Å². The molecular formula is C25H21N3O6. The van der Waals surface area contributed by atoms with Crippen LogP contribution < -0.4 is 10.6 Å². The highest BCUT2D eigenvalue weighted by Gasteiger charge is 2.34. The molecule has 1 unspecified atom stereocenters. The summed E-state index contributed by atoms with van der Waals surface area (Å²) < 4.78 is 0. The summed E-state index contributed by atoms with van der Waals surface area (Å²) in [5.74, 6) is -3.83. The summed E-state index contributed by atoms with van der Waals surface area (Å²) in [5.41, 5.74) is 1.38. The van der Waals surface area contributed by atoms with Crippen LogP contribution in [0.4, 0.5) is 0 Å². The summed E-state index contributed by atoms with van der Waals surface area (Å²) in [7, 11) is 0. The number of carbonyl (C=O) groups is 5. The zero-order valence-electron chi connectivity index (χ0n) is 18.0. The lowest BCUT2D eigenvalue weighted by Crippen LogP contribution is -2.53. The van der Waals surface area contributed by atoms with Gasteiger partial charge in [0.15, 0.2) is 0 Å². The number of rotatable bonds is 8. The van der Waals surface area contributed by atoms with Crippen LogP contribution in [0.2, 0.25) is 0 Å². The number of aliphatic carboxylic acids is 1. The van der Waals surface area contributed by atoms with Gasteiger partial charge in [0.2, 0.25) is 11.8 Å². The number of carboxylic acid groups (broad SMARTS) is 1. The molecule has 34 heavy (non-hydrogen) atoms. The van der Waals surface area contributed by atoms with E-state index >= 15 is 0 Å². The van der Waals surface area contributed by atoms with Gasteiger partial charge >= 0.3 is 5.97 Å². The number of carbonyl (C=O) groups excluding carboxylic acids is 4. The van der Waals surface area contributed by atoms with Gasteiger partial charge in [0, 0.05) is 22.9 Å². The van der Waals surface area contributed by atoms with Gasteiger partial charge in [0.25, 0.3) is 11.8 Å². The van der Waals surface area contributed by atoms with Crippen molar-refractivity contribution in [2.45, 2.75) is 12.5 Å². The first-order valence-electron chi connectivity index (χ1n) is 10.6. The molecular weight excluding hydrogens is 438 g/mol. The molecule has 3 aromatic carbocycles. The van der Waals surface area contributed by atoms with Gasteiger partial charge in [-0.3, -0.25) is 28.9 Å². The Morgan fingerprint density at radius 3 is 2.06 bits per heavy atom. The average Bonchev–Trinajstić information content (AvgIpc) is 2.83. The summed E-state index contributed by atoms with van der Waals surface area (Å²) in [6, 6.07) is 18.0. The van der Waals surface area contributed by atoms with Crippen molar-refractivity contribution in [3.63, 3.8) is 0 Å². The highest BCUT2D eigenvalue weighted by atomic mass is 16.4. The molecule has 4 rings (SSSR count). The molecule has 0 radical (unpaired) electrons. The minimum Gasteiger partial charge on any atom is -0.480 e. The quantitative estimate of drug-likeness (QED) is 0.436. The standard InChI is InChI=1S/C25H21N3O6/c29-20(27-19(23(32)26-13-21(30)31)12-15-6-2-1-3-7-15)14-28-24(33)17-10-4-8-16-9-5-11-18(22(16)17)25(28)34/h1-11,19H,12-14H2,(H,26,32)(H,27,29)(H,30,31). The van der Waals surface area contributed by atoms with E-state index in [1.54, 1.807) is 66.7 Å². The number of imide groups is 1. The normalized spacial score (nSPS) is 13.5. The van der Waals surface area contributed by atoms with Crippen molar-refractivity contribution in [1.82, 2.24) is 15.5 Å². The van der Waals surface area contributed by atoms with Crippen molar-refractivity contribution < 1.29 is 29.1 Å². The number of nitrogens with one attached hydrogen (secondary N) is 2. The Hall–Kier alpha value is -4.53. The summed E-state index contributed by atoms with van der Waals surface area (Å²) >= 11 is 0. The lowest BCUT2D eigenvalue weighted by Gasteiger charge is -2.27. The van der Waals surface area contributed by atoms with Gasteiger partial charge in [-0.25, -0.2) is 0 Å². The smallest absolute Gasteiger partial charge is 0.322 e. The summed E-state index contributed by atoms with van der Waals surface area (Å²) in [5, 5.41) is 14.9. The summed E-state index contributed by atoms with van der Waals surface area (Å²) in [4.78, 5) is 63.1. The van der Waals surface area contributed by atoms with E-state index in [1.165, 1.54) is 0 Å². The van der Waals surface area contributed by atoms with E-state index in [0.29, 0.717) is 16.5 Å². The van der Waals surface area contributed by atoms with Gasteiger partial charge < -0.3 is 15.7 Å². The Balaban J connectivity index is 1.53. The zero-order valence-corrected chi connectivity index (χ0v) is 18.0. The molecule has 0 fully saturated rings. The third kappa shape index (κ3) is 4.63. The molecule has 1 atom stereocenters. The predicted octanol–water partition coefficient (Wildman–Crippen LogP) is 1.36. The number of hydrogen-bond donors (Lipinski definition) is 3. The summed E-state index contributed by atoms with van der Waals surface area (Å²) in [6.07, 6.45) is 0.0993. The molecule has 4 amide bonds. The highest BCUT2D eigenvalue weighted by molar-refractivity contribution is 6.26. The van der Waals surface area contributed by atoms with E-state index in [9.17, 15) is 24.0 Å². The first-order valence-corrected chi connectivity index (χ1v) is 10.6. The van der Waals surface area contributed by atoms with Crippen LogP contribution in [0.25, 0.3) is 10.8 Å². The van der Waals surface area contributed by atoms with E-state index < -0.39 is 48.7 Å². The molecule has 0 bridgehead atoms. The van der Waals surface area contributed by atoms with Crippen LogP contribution in [-0.4, -0.2) is 58.7 Å². The molecule has 9 heteroatoms. The van der Waals surface area contributed by atoms with Crippen LogP contribution in [0.1, 0.15) is 26.3 Å². The van der Waals surface area contributed by atoms with Gasteiger partial charge in [0.05, 0.1) is 0 Å². The molecule has 0 aromatic heterocycles. The maximum Gasteiger partial charge on any atom is 0.322 e. The Labute approximate surface area is 194 Å². The number of benzene rings is 3. The molecule has 1 aliphatic rings.